The topological polar surface area (TPSA) is 9.23 Å². The molecule has 0 radical (unpaired) electrons. The summed E-state index contributed by atoms with van der Waals surface area (Å²) in [6.45, 7) is 2.28. The van der Waals surface area contributed by atoms with Crippen LogP contribution >= 0.6 is 0 Å². The van der Waals surface area contributed by atoms with Gasteiger partial charge in [0.25, 0.3) is 0 Å². The van der Waals surface area contributed by atoms with Crippen LogP contribution in [-0.2, 0) is 6.42 Å². The minimum Gasteiger partial charge on any atom is -0.497 e. The molecule has 0 spiro atoms. The van der Waals surface area contributed by atoms with Crippen molar-refractivity contribution in [2.45, 2.75) is 25.7 Å². The van der Waals surface area contributed by atoms with Gasteiger partial charge in [-0.05, 0) is 42.0 Å². The van der Waals surface area contributed by atoms with Crippen molar-refractivity contribution in [1.29, 1.82) is 0 Å². The Kier molecular flexibility index (Phi) is 4.40. The van der Waals surface area contributed by atoms with E-state index >= 15 is 0 Å². The van der Waals surface area contributed by atoms with Gasteiger partial charge in [0, 0.05) is 0 Å². The van der Waals surface area contributed by atoms with Crippen molar-refractivity contribution in [2.24, 2.45) is 0 Å². The van der Waals surface area contributed by atoms with Crippen LogP contribution < -0.4 is 4.74 Å². The predicted octanol–water partition coefficient (Wildman–Crippen LogP) is 4.43. The fourth-order valence-electron chi connectivity index (χ4n) is 2.13. The first kappa shape index (κ1) is 12.7. The van der Waals surface area contributed by atoms with Crippen molar-refractivity contribution in [1.82, 2.24) is 0 Å². The molecule has 0 aliphatic rings. The standard InChI is InChI=1S/C17H20O/c1-14(8-9-15-6-4-3-5-7-15)16-10-12-17(18-2)13-11-16/h3-7,10-14H,8-9H2,1-2H3. The molecule has 1 nitrogen and oxygen atoms in total. The quantitative estimate of drug-likeness (QED) is 0.751. The van der Waals surface area contributed by atoms with E-state index in [1.807, 2.05) is 12.1 Å². The van der Waals surface area contributed by atoms with Gasteiger partial charge in [0.05, 0.1) is 7.11 Å². The minimum atomic E-state index is 0.580. The average Bonchev–Trinajstić information content (AvgIpc) is 2.46. The molecule has 0 aliphatic heterocycles. The fraction of sp³-hybridized carbons (Fsp3) is 0.294. The Morgan fingerprint density at radius 2 is 1.61 bits per heavy atom. The van der Waals surface area contributed by atoms with Crippen molar-refractivity contribution in [3.63, 3.8) is 0 Å². The van der Waals surface area contributed by atoms with E-state index in [2.05, 4.69) is 49.4 Å². The van der Waals surface area contributed by atoms with Gasteiger partial charge in [0.15, 0.2) is 0 Å². The number of hydrogen-bond donors (Lipinski definition) is 0. The van der Waals surface area contributed by atoms with Gasteiger partial charge in [0.2, 0.25) is 0 Å². The van der Waals surface area contributed by atoms with Crippen LogP contribution in [0.25, 0.3) is 0 Å². The van der Waals surface area contributed by atoms with E-state index in [-0.39, 0.29) is 0 Å². The van der Waals surface area contributed by atoms with E-state index < -0.39 is 0 Å². The first-order chi connectivity index (χ1) is 8.79. The number of aryl methyl sites for hydroxylation is 1. The molecule has 0 saturated heterocycles. The van der Waals surface area contributed by atoms with E-state index in [4.69, 9.17) is 4.74 Å². The van der Waals surface area contributed by atoms with E-state index in [0.717, 1.165) is 12.2 Å². The molecule has 2 aromatic rings. The third-order valence-electron chi connectivity index (χ3n) is 3.39. The van der Waals surface area contributed by atoms with Crippen LogP contribution in [0.4, 0.5) is 0 Å². The molecule has 2 aromatic carbocycles. The van der Waals surface area contributed by atoms with Crippen LogP contribution in [0.5, 0.6) is 5.75 Å². The summed E-state index contributed by atoms with van der Waals surface area (Å²) in [5, 5.41) is 0. The van der Waals surface area contributed by atoms with Crippen LogP contribution in [0.15, 0.2) is 54.6 Å². The summed E-state index contributed by atoms with van der Waals surface area (Å²) in [5.41, 5.74) is 2.80. The lowest BCUT2D eigenvalue weighted by molar-refractivity contribution is 0.414. The Bertz CT molecular complexity index is 459. The number of ether oxygens (including phenoxy) is 1. The maximum atomic E-state index is 5.18. The smallest absolute Gasteiger partial charge is 0.118 e. The van der Waals surface area contributed by atoms with Gasteiger partial charge >= 0.3 is 0 Å². The second-order valence-corrected chi connectivity index (χ2v) is 4.70. The first-order valence-corrected chi connectivity index (χ1v) is 6.47. The zero-order chi connectivity index (χ0) is 12.8. The number of methoxy groups -OCH3 is 1. The summed E-state index contributed by atoms with van der Waals surface area (Å²) < 4.78 is 5.18. The highest BCUT2D eigenvalue weighted by Gasteiger charge is 2.05. The van der Waals surface area contributed by atoms with Gasteiger partial charge < -0.3 is 4.74 Å². The van der Waals surface area contributed by atoms with Crippen LogP contribution in [0.3, 0.4) is 0 Å². The summed E-state index contributed by atoms with van der Waals surface area (Å²) in [6.07, 6.45) is 2.31. The molecule has 94 valence electrons. The highest BCUT2D eigenvalue weighted by molar-refractivity contribution is 5.29. The molecule has 1 heteroatoms. The highest BCUT2D eigenvalue weighted by Crippen LogP contribution is 2.23. The van der Waals surface area contributed by atoms with Gasteiger partial charge in [-0.3, -0.25) is 0 Å². The Labute approximate surface area is 109 Å². The number of hydrogen-bond acceptors (Lipinski definition) is 1. The molecule has 2 rings (SSSR count). The van der Waals surface area contributed by atoms with E-state index in [1.54, 1.807) is 7.11 Å². The van der Waals surface area contributed by atoms with Gasteiger partial charge in [-0.15, -0.1) is 0 Å². The summed E-state index contributed by atoms with van der Waals surface area (Å²) in [5.74, 6) is 1.50. The molecular formula is C17H20O. The van der Waals surface area contributed by atoms with Crippen molar-refractivity contribution in [3.05, 3.63) is 65.7 Å². The summed E-state index contributed by atoms with van der Waals surface area (Å²) >= 11 is 0. The zero-order valence-corrected chi connectivity index (χ0v) is 11.1. The molecular weight excluding hydrogens is 220 g/mol. The third-order valence-corrected chi connectivity index (χ3v) is 3.39. The van der Waals surface area contributed by atoms with Gasteiger partial charge in [-0.1, -0.05) is 49.4 Å². The lowest BCUT2D eigenvalue weighted by Crippen LogP contribution is -1.96. The monoisotopic (exact) mass is 240 g/mol. The minimum absolute atomic E-state index is 0.580. The normalized spacial score (nSPS) is 12.1. The van der Waals surface area contributed by atoms with E-state index in [9.17, 15) is 0 Å². The molecule has 0 amide bonds. The highest BCUT2D eigenvalue weighted by atomic mass is 16.5. The van der Waals surface area contributed by atoms with Crippen molar-refractivity contribution >= 4 is 0 Å². The van der Waals surface area contributed by atoms with Crippen LogP contribution in [0, 0.1) is 0 Å². The molecule has 0 fully saturated rings. The lowest BCUT2D eigenvalue weighted by atomic mass is 9.94. The van der Waals surface area contributed by atoms with Crippen LogP contribution in [-0.4, -0.2) is 7.11 Å². The molecule has 1 unspecified atom stereocenters. The van der Waals surface area contributed by atoms with Gasteiger partial charge in [0.1, 0.15) is 5.75 Å². The fourth-order valence-corrected chi connectivity index (χ4v) is 2.13. The number of benzene rings is 2. The summed E-state index contributed by atoms with van der Waals surface area (Å²) in [4.78, 5) is 0. The first-order valence-electron chi connectivity index (χ1n) is 6.47. The number of rotatable bonds is 5. The Morgan fingerprint density at radius 3 is 2.22 bits per heavy atom. The third kappa shape index (κ3) is 3.36. The molecule has 0 aromatic heterocycles. The van der Waals surface area contributed by atoms with E-state index in [1.165, 1.54) is 17.5 Å². The van der Waals surface area contributed by atoms with Gasteiger partial charge in [-0.25, -0.2) is 0 Å². The van der Waals surface area contributed by atoms with Crippen molar-refractivity contribution in [3.8, 4) is 5.75 Å². The Hall–Kier alpha value is -1.76. The van der Waals surface area contributed by atoms with Crippen molar-refractivity contribution in [2.75, 3.05) is 7.11 Å². The molecule has 0 aliphatic carbocycles. The lowest BCUT2D eigenvalue weighted by Gasteiger charge is -2.12. The Balaban J connectivity index is 1.93. The van der Waals surface area contributed by atoms with E-state index in [0.29, 0.717) is 5.92 Å². The Morgan fingerprint density at radius 1 is 0.944 bits per heavy atom. The molecule has 1 atom stereocenters. The zero-order valence-electron chi connectivity index (χ0n) is 11.1. The maximum absolute atomic E-state index is 5.18. The second kappa shape index (κ2) is 6.25. The summed E-state index contributed by atoms with van der Waals surface area (Å²) in [7, 11) is 1.70. The largest absolute Gasteiger partial charge is 0.497 e. The van der Waals surface area contributed by atoms with Crippen LogP contribution in [0.2, 0.25) is 0 Å². The second-order valence-electron chi connectivity index (χ2n) is 4.70. The molecule has 0 bridgehead atoms. The molecule has 0 N–H and O–H groups in total. The van der Waals surface area contributed by atoms with Gasteiger partial charge in [-0.2, -0.15) is 0 Å². The summed E-state index contributed by atoms with van der Waals surface area (Å²) in [6, 6.07) is 19.1. The molecule has 0 heterocycles. The molecule has 0 saturated carbocycles. The maximum Gasteiger partial charge on any atom is 0.118 e. The SMILES string of the molecule is COc1ccc(C(C)CCc2ccccc2)cc1. The molecule has 18 heavy (non-hydrogen) atoms. The van der Waals surface area contributed by atoms with Crippen molar-refractivity contribution < 1.29 is 4.74 Å². The van der Waals surface area contributed by atoms with Crippen LogP contribution in [0.1, 0.15) is 30.4 Å². The average molecular weight is 240 g/mol. The predicted molar refractivity (Wildman–Crippen MR) is 76.2 cm³/mol.